The highest BCUT2D eigenvalue weighted by Gasteiger charge is 2.37. The van der Waals surface area contributed by atoms with Crippen LogP contribution in [0.5, 0.6) is 0 Å². The zero-order valence-corrected chi connectivity index (χ0v) is 11.1. The summed E-state index contributed by atoms with van der Waals surface area (Å²) >= 11 is 0. The van der Waals surface area contributed by atoms with Gasteiger partial charge in [-0.3, -0.25) is 4.79 Å². The van der Waals surface area contributed by atoms with Crippen molar-refractivity contribution in [1.29, 1.82) is 0 Å². The van der Waals surface area contributed by atoms with Crippen molar-refractivity contribution >= 4 is 5.97 Å². The van der Waals surface area contributed by atoms with Gasteiger partial charge in [-0.2, -0.15) is 0 Å². The highest BCUT2D eigenvalue weighted by Crippen LogP contribution is 2.19. The van der Waals surface area contributed by atoms with Gasteiger partial charge in [0.2, 0.25) is 0 Å². The molecule has 1 fully saturated rings. The Balaban J connectivity index is 1.69. The summed E-state index contributed by atoms with van der Waals surface area (Å²) in [4.78, 5) is 11.9. The number of rotatable bonds is 5. The van der Waals surface area contributed by atoms with Gasteiger partial charge >= 0.3 is 5.97 Å². The van der Waals surface area contributed by atoms with Crippen LogP contribution in [0.4, 0.5) is 0 Å². The molecule has 104 valence electrons. The van der Waals surface area contributed by atoms with Gasteiger partial charge in [0.1, 0.15) is 5.54 Å². The largest absolute Gasteiger partial charge is 0.464 e. The topological polar surface area (TPSA) is 61.6 Å². The monoisotopic (exact) mass is 263 g/mol. The lowest BCUT2D eigenvalue weighted by Gasteiger charge is -2.30. The lowest BCUT2D eigenvalue weighted by atomic mass is 9.92. The molecule has 2 rings (SSSR count). The summed E-state index contributed by atoms with van der Waals surface area (Å²) in [6.07, 6.45) is 2.83. The van der Waals surface area contributed by atoms with Gasteiger partial charge in [0, 0.05) is 13.2 Å². The summed E-state index contributed by atoms with van der Waals surface area (Å²) in [5.41, 5.74) is 6.46. The van der Waals surface area contributed by atoms with Crippen LogP contribution in [-0.2, 0) is 20.7 Å². The number of benzene rings is 1. The summed E-state index contributed by atoms with van der Waals surface area (Å²) in [5, 5.41) is 0. The number of ether oxygens (including phenoxy) is 2. The van der Waals surface area contributed by atoms with Gasteiger partial charge in [0.05, 0.1) is 6.61 Å². The van der Waals surface area contributed by atoms with Gasteiger partial charge < -0.3 is 15.2 Å². The Labute approximate surface area is 113 Å². The van der Waals surface area contributed by atoms with Gasteiger partial charge in [-0.15, -0.1) is 0 Å². The van der Waals surface area contributed by atoms with E-state index in [0.717, 1.165) is 12.8 Å². The lowest BCUT2D eigenvalue weighted by molar-refractivity contribution is -0.153. The second kappa shape index (κ2) is 6.68. The van der Waals surface area contributed by atoms with Gasteiger partial charge in [-0.25, -0.2) is 0 Å². The number of esters is 1. The molecule has 2 N–H and O–H groups in total. The molecule has 1 heterocycles. The van der Waals surface area contributed by atoms with E-state index in [1.807, 2.05) is 18.2 Å². The third kappa shape index (κ3) is 4.04. The van der Waals surface area contributed by atoms with E-state index in [1.165, 1.54) is 5.56 Å². The molecule has 0 aliphatic carbocycles. The smallest absolute Gasteiger partial charge is 0.326 e. The van der Waals surface area contributed by atoms with E-state index in [9.17, 15) is 4.79 Å². The third-order valence-corrected chi connectivity index (χ3v) is 3.48. The molecule has 19 heavy (non-hydrogen) atoms. The van der Waals surface area contributed by atoms with Crippen molar-refractivity contribution in [2.24, 2.45) is 5.73 Å². The van der Waals surface area contributed by atoms with Crippen LogP contribution in [0, 0.1) is 0 Å². The third-order valence-electron chi connectivity index (χ3n) is 3.48. The molecular weight excluding hydrogens is 242 g/mol. The van der Waals surface area contributed by atoms with E-state index in [4.69, 9.17) is 15.2 Å². The number of carbonyl (C=O) groups is 1. The first-order valence-electron chi connectivity index (χ1n) is 6.78. The highest BCUT2D eigenvalue weighted by atomic mass is 16.5. The first kappa shape index (κ1) is 14.0. The molecule has 1 aromatic carbocycles. The Bertz CT molecular complexity index is 399. The second-order valence-electron chi connectivity index (χ2n) is 4.99. The molecule has 0 unspecified atom stereocenters. The summed E-state index contributed by atoms with van der Waals surface area (Å²) in [6.45, 7) is 1.50. The highest BCUT2D eigenvalue weighted by molar-refractivity contribution is 5.80. The van der Waals surface area contributed by atoms with E-state index in [1.54, 1.807) is 0 Å². The van der Waals surface area contributed by atoms with E-state index in [-0.39, 0.29) is 5.97 Å². The number of hydrogen-bond donors (Lipinski definition) is 1. The van der Waals surface area contributed by atoms with Gasteiger partial charge in [-0.05, 0) is 31.2 Å². The van der Waals surface area contributed by atoms with Gasteiger partial charge in [0.25, 0.3) is 0 Å². The molecule has 0 radical (unpaired) electrons. The molecule has 1 aliphatic heterocycles. The van der Waals surface area contributed by atoms with E-state index >= 15 is 0 Å². The van der Waals surface area contributed by atoms with E-state index in [2.05, 4.69) is 12.1 Å². The maximum atomic E-state index is 11.9. The molecule has 4 heteroatoms. The molecule has 0 aromatic heterocycles. The molecule has 0 saturated carbocycles. The maximum absolute atomic E-state index is 11.9. The molecule has 1 aromatic rings. The Morgan fingerprint density at radius 1 is 1.26 bits per heavy atom. The fraction of sp³-hybridized carbons (Fsp3) is 0.533. The minimum atomic E-state index is -0.842. The zero-order chi connectivity index (χ0) is 13.6. The van der Waals surface area contributed by atoms with Crippen molar-refractivity contribution in [3.8, 4) is 0 Å². The SMILES string of the molecule is NC1(C(=O)OCCCc2ccccc2)CCOCC1. The minimum absolute atomic E-state index is 0.288. The van der Waals surface area contributed by atoms with Crippen LogP contribution >= 0.6 is 0 Å². The predicted molar refractivity (Wildman–Crippen MR) is 72.7 cm³/mol. The van der Waals surface area contributed by atoms with Crippen LogP contribution in [0.1, 0.15) is 24.8 Å². The normalized spacial score (nSPS) is 17.9. The average Bonchev–Trinajstić information content (AvgIpc) is 2.45. The Hall–Kier alpha value is -1.39. The van der Waals surface area contributed by atoms with Crippen molar-refractivity contribution in [2.75, 3.05) is 19.8 Å². The number of nitrogens with two attached hydrogens (primary N) is 1. The van der Waals surface area contributed by atoms with Crippen molar-refractivity contribution < 1.29 is 14.3 Å². The fourth-order valence-corrected chi connectivity index (χ4v) is 2.17. The van der Waals surface area contributed by atoms with Crippen molar-refractivity contribution in [2.45, 2.75) is 31.2 Å². The molecular formula is C15H21NO3. The second-order valence-corrected chi connectivity index (χ2v) is 4.99. The van der Waals surface area contributed by atoms with Crippen LogP contribution in [0.2, 0.25) is 0 Å². The summed E-state index contributed by atoms with van der Waals surface area (Å²) in [5.74, 6) is -0.288. The Kier molecular flexibility index (Phi) is 4.93. The van der Waals surface area contributed by atoms with Crippen molar-refractivity contribution in [3.63, 3.8) is 0 Å². The molecule has 0 bridgehead atoms. The van der Waals surface area contributed by atoms with Gasteiger partial charge in [-0.1, -0.05) is 30.3 Å². The quantitative estimate of drug-likeness (QED) is 0.648. The van der Waals surface area contributed by atoms with Crippen molar-refractivity contribution in [3.05, 3.63) is 35.9 Å². The molecule has 0 spiro atoms. The predicted octanol–water partition coefficient (Wildman–Crippen LogP) is 1.67. The lowest BCUT2D eigenvalue weighted by Crippen LogP contribution is -2.52. The molecule has 1 aliphatic rings. The summed E-state index contributed by atoms with van der Waals surface area (Å²) in [6, 6.07) is 10.2. The molecule has 1 saturated heterocycles. The van der Waals surface area contributed by atoms with Crippen molar-refractivity contribution in [1.82, 2.24) is 0 Å². The standard InChI is InChI=1S/C15H21NO3/c16-15(8-11-18-12-9-15)14(17)19-10-4-7-13-5-2-1-3-6-13/h1-3,5-6H,4,7-12,16H2. The number of aryl methyl sites for hydroxylation is 1. The van der Waals surface area contributed by atoms with E-state index in [0.29, 0.717) is 32.7 Å². The number of hydrogen-bond acceptors (Lipinski definition) is 4. The fourth-order valence-electron chi connectivity index (χ4n) is 2.17. The summed E-state index contributed by atoms with van der Waals surface area (Å²) < 4.78 is 10.5. The zero-order valence-electron chi connectivity index (χ0n) is 11.1. The van der Waals surface area contributed by atoms with Crippen LogP contribution in [0.15, 0.2) is 30.3 Å². The Morgan fingerprint density at radius 3 is 2.63 bits per heavy atom. The van der Waals surface area contributed by atoms with Crippen LogP contribution < -0.4 is 5.73 Å². The first-order chi connectivity index (χ1) is 9.21. The molecule has 0 atom stereocenters. The van der Waals surface area contributed by atoms with E-state index < -0.39 is 5.54 Å². The van der Waals surface area contributed by atoms with Crippen LogP contribution in [-0.4, -0.2) is 31.3 Å². The maximum Gasteiger partial charge on any atom is 0.326 e. The summed E-state index contributed by atoms with van der Waals surface area (Å²) in [7, 11) is 0. The van der Waals surface area contributed by atoms with Gasteiger partial charge in [0.15, 0.2) is 0 Å². The Morgan fingerprint density at radius 2 is 1.95 bits per heavy atom. The molecule has 4 nitrogen and oxygen atoms in total. The average molecular weight is 263 g/mol. The first-order valence-corrected chi connectivity index (χ1v) is 6.78. The number of carbonyl (C=O) groups excluding carboxylic acids is 1. The molecule has 0 amide bonds. The van der Waals surface area contributed by atoms with Crippen LogP contribution in [0.3, 0.4) is 0 Å². The van der Waals surface area contributed by atoms with Crippen LogP contribution in [0.25, 0.3) is 0 Å². The minimum Gasteiger partial charge on any atom is -0.464 e.